The summed E-state index contributed by atoms with van der Waals surface area (Å²) in [5.74, 6) is 0.880. The SMILES string of the molecule is CCC1(CC)CCN(N2CC=CN=C2Nc2cnn(C3CCOCC3)c2)C1=O. The highest BCUT2D eigenvalue weighted by Gasteiger charge is 2.46. The quantitative estimate of drug-likeness (QED) is 0.842. The normalized spacial score (nSPS) is 22.6. The smallest absolute Gasteiger partial charge is 0.247 e. The first-order chi connectivity index (χ1) is 13.7. The van der Waals surface area contributed by atoms with E-state index in [1.165, 1.54) is 0 Å². The zero-order chi connectivity index (χ0) is 19.6. The zero-order valence-electron chi connectivity index (χ0n) is 16.8. The molecule has 0 aliphatic carbocycles. The van der Waals surface area contributed by atoms with Crippen molar-refractivity contribution in [3.05, 3.63) is 24.7 Å². The number of hydrogen-bond donors (Lipinski definition) is 1. The summed E-state index contributed by atoms with van der Waals surface area (Å²) < 4.78 is 7.45. The van der Waals surface area contributed by atoms with Crippen molar-refractivity contribution in [3.63, 3.8) is 0 Å². The van der Waals surface area contributed by atoms with Gasteiger partial charge in [0, 0.05) is 32.2 Å². The fraction of sp³-hybridized carbons (Fsp3) is 0.650. The number of aromatic nitrogens is 2. The van der Waals surface area contributed by atoms with Crippen LogP contribution in [0.5, 0.6) is 0 Å². The number of aliphatic imine (C=N–C) groups is 1. The minimum Gasteiger partial charge on any atom is -0.381 e. The van der Waals surface area contributed by atoms with Crippen molar-refractivity contribution in [3.8, 4) is 0 Å². The summed E-state index contributed by atoms with van der Waals surface area (Å²) in [6.07, 6.45) is 12.2. The van der Waals surface area contributed by atoms with Crippen LogP contribution in [0.1, 0.15) is 52.0 Å². The molecule has 0 aromatic carbocycles. The van der Waals surface area contributed by atoms with Crippen molar-refractivity contribution in [2.24, 2.45) is 10.4 Å². The van der Waals surface area contributed by atoms with Crippen molar-refractivity contribution in [1.82, 2.24) is 19.8 Å². The molecule has 0 bridgehead atoms. The van der Waals surface area contributed by atoms with Crippen LogP contribution in [-0.2, 0) is 9.53 Å². The number of rotatable bonds is 5. The summed E-state index contributed by atoms with van der Waals surface area (Å²) in [5.41, 5.74) is 0.648. The Hall–Kier alpha value is -2.35. The third-order valence-electron chi connectivity index (χ3n) is 6.38. The summed E-state index contributed by atoms with van der Waals surface area (Å²) in [5, 5.41) is 11.7. The molecular weight excluding hydrogens is 356 g/mol. The summed E-state index contributed by atoms with van der Waals surface area (Å²) >= 11 is 0. The Labute approximate surface area is 166 Å². The maximum Gasteiger partial charge on any atom is 0.247 e. The van der Waals surface area contributed by atoms with Gasteiger partial charge in [0.25, 0.3) is 0 Å². The van der Waals surface area contributed by atoms with Crippen LogP contribution in [0.15, 0.2) is 29.7 Å². The van der Waals surface area contributed by atoms with Crippen LogP contribution in [0, 0.1) is 5.41 Å². The number of carbonyl (C=O) groups is 1. The van der Waals surface area contributed by atoms with Gasteiger partial charge in [-0.3, -0.25) is 14.5 Å². The minimum absolute atomic E-state index is 0.209. The lowest BCUT2D eigenvalue weighted by atomic mass is 9.81. The van der Waals surface area contributed by atoms with Crippen LogP contribution in [0.4, 0.5) is 5.69 Å². The van der Waals surface area contributed by atoms with E-state index in [0.29, 0.717) is 18.5 Å². The van der Waals surface area contributed by atoms with Gasteiger partial charge >= 0.3 is 0 Å². The van der Waals surface area contributed by atoms with Gasteiger partial charge in [-0.25, -0.2) is 10.0 Å². The van der Waals surface area contributed by atoms with Gasteiger partial charge in [0.1, 0.15) is 0 Å². The molecule has 0 saturated carbocycles. The lowest BCUT2D eigenvalue weighted by Crippen LogP contribution is -2.52. The molecule has 28 heavy (non-hydrogen) atoms. The molecular formula is C20H30N6O2. The topological polar surface area (TPSA) is 75.0 Å². The van der Waals surface area contributed by atoms with Crippen LogP contribution >= 0.6 is 0 Å². The Morgan fingerprint density at radius 3 is 2.75 bits per heavy atom. The van der Waals surface area contributed by atoms with Crippen LogP contribution < -0.4 is 5.32 Å². The van der Waals surface area contributed by atoms with Crippen molar-refractivity contribution in [1.29, 1.82) is 0 Å². The Kier molecular flexibility index (Phi) is 5.39. The van der Waals surface area contributed by atoms with E-state index < -0.39 is 0 Å². The van der Waals surface area contributed by atoms with Crippen LogP contribution in [-0.4, -0.2) is 58.0 Å². The van der Waals surface area contributed by atoms with E-state index in [2.05, 4.69) is 29.3 Å². The van der Waals surface area contributed by atoms with E-state index in [1.807, 2.05) is 33.2 Å². The van der Waals surface area contributed by atoms with E-state index in [1.54, 1.807) is 6.20 Å². The van der Waals surface area contributed by atoms with Crippen molar-refractivity contribution >= 4 is 17.6 Å². The standard InChI is InChI=1S/C20H30N6O2/c1-3-20(4-2)8-11-25(18(20)27)26-10-5-9-21-19(26)23-16-14-22-24(15-16)17-6-12-28-13-7-17/h5,9,14-15,17H,3-4,6-8,10-13H2,1-2H3,(H,21,23). The Bertz CT molecular complexity index is 761. The predicted octanol–water partition coefficient (Wildman–Crippen LogP) is 2.79. The van der Waals surface area contributed by atoms with Gasteiger partial charge in [0.2, 0.25) is 11.9 Å². The van der Waals surface area contributed by atoms with E-state index in [-0.39, 0.29) is 11.3 Å². The maximum absolute atomic E-state index is 13.1. The molecule has 8 heteroatoms. The average molecular weight is 387 g/mol. The molecule has 1 N–H and O–H groups in total. The lowest BCUT2D eigenvalue weighted by molar-refractivity contribution is -0.145. The lowest BCUT2D eigenvalue weighted by Gasteiger charge is -2.36. The minimum atomic E-state index is -0.236. The molecule has 2 saturated heterocycles. The van der Waals surface area contributed by atoms with E-state index in [0.717, 1.165) is 57.6 Å². The molecule has 0 radical (unpaired) electrons. The van der Waals surface area contributed by atoms with Gasteiger partial charge < -0.3 is 10.1 Å². The third kappa shape index (κ3) is 3.41. The highest BCUT2D eigenvalue weighted by Crippen LogP contribution is 2.39. The van der Waals surface area contributed by atoms with Crippen LogP contribution in [0.3, 0.4) is 0 Å². The molecule has 1 aromatic rings. The molecule has 3 aliphatic heterocycles. The Morgan fingerprint density at radius 2 is 2.04 bits per heavy atom. The number of carbonyl (C=O) groups excluding carboxylic acids is 1. The van der Waals surface area contributed by atoms with Crippen LogP contribution in [0.25, 0.3) is 0 Å². The molecule has 3 aliphatic rings. The van der Waals surface area contributed by atoms with Gasteiger partial charge in [-0.1, -0.05) is 13.8 Å². The number of hydrazine groups is 1. The summed E-state index contributed by atoms with van der Waals surface area (Å²) in [4.78, 5) is 17.7. The number of amides is 1. The predicted molar refractivity (Wildman–Crippen MR) is 108 cm³/mol. The van der Waals surface area contributed by atoms with Gasteiger partial charge in [-0.2, -0.15) is 5.10 Å². The second-order valence-electron chi connectivity index (χ2n) is 7.76. The zero-order valence-corrected chi connectivity index (χ0v) is 16.8. The molecule has 4 heterocycles. The Morgan fingerprint density at radius 1 is 1.25 bits per heavy atom. The van der Waals surface area contributed by atoms with Gasteiger partial charge in [-0.05, 0) is 38.2 Å². The van der Waals surface area contributed by atoms with Gasteiger partial charge in [-0.15, -0.1) is 0 Å². The van der Waals surface area contributed by atoms with Crippen LogP contribution in [0.2, 0.25) is 0 Å². The monoisotopic (exact) mass is 386 g/mol. The fourth-order valence-corrected chi connectivity index (χ4v) is 4.35. The maximum atomic E-state index is 13.1. The Balaban J connectivity index is 1.48. The van der Waals surface area contributed by atoms with Crippen molar-refractivity contribution in [2.45, 2.75) is 52.0 Å². The fourth-order valence-electron chi connectivity index (χ4n) is 4.35. The summed E-state index contributed by atoms with van der Waals surface area (Å²) in [6.45, 7) is 7.15. The molecule has 1 aromatic heterocycles. The number of ether oxygens (including phenoxy) is 1. The van der Waals surface area contributed by atoms with Gasteiger partial charge in [0.05, 0.1) is 29.9 Å². The number of hydrogen-bond acceptors (Lipinski definition) is 6. The first-order valence-electron chi connectivity index (χ1n) is 10.4. The molecule has 8 nitrogen and oxygen atoms in total. The van der Waals surface area contributed by atoms with Crippen molar-refractivity contribution in [2.75, 3.05) is 31.6 Å². The third-order valence-corrected chi connectivity index (χ3v) is 6.38. The molecule has 4 rings (SSSR count). The first kappa shape index (κ1) is 19.0. The highest BCUT2D eigenvalue weighted by atomic mass is 16.5. The number of nitrogens with zero attached hydrogens (tertiary/aromatic N) is 5. The van der Waals surface area contributed by atoms with E-state index in [9.17, 15) is 4.79 Å². The average Bonchev–Trinajstić information content (AvgIpc) is 3.34. The molecule has 152 valence electrons. The molecule has 0 unspecified atom stereocenters. The number of nitrogens with one attached hydrogen (secondary N) is 1. The highest BCUT2D eigenvalue weighted by molar-refractivity contribution is 5.96. The molecule has 2 fully saturated rings. The second kappa shape index (κ2) is 7.95. The largest absolute Gasteiger partial charge is 0.381 e. The summed E-state index contributed by atoms with van der Waals surface area (Å²) in [7, 11) is 0. The second-order valence-corrected chi connectivity index (χ2v) is 7.76. The molecule has 0 atom stereocenters. The van der Waals surface area contributed by atoms with E-state index >= 15 is 0 Å². The number of anilines is 1. The molecule has 1 amide bonds. The van der Waals surface area contributed by atoms with Gasteiger partial charge in [0.15, 0.2) is 0 Å². The number of guanidine groups is 1. The van der Waals surface area contributed by atoms with Crippen molar-refractivity contribution < 1.29 is 9.53 Å². The van der Waals surface area contributed by atoms with E-state index in [4.69, 9.17) is 4.74 Å². The first-order valence-corrected chi connectivity index (χ1v) is 10.4. The summed E-state index contributed by atoms with van der Waals surface area (Å²) in [6, 6.07) is 0.378. The molecule has 0 spiro atoms.